The molecule has 0 unspecified atom stereocenters. The molecule has 0 fully saturated rings. The summed E-state index contributed by atoms with van der Waals surface area (Å²) in [5.41, 5.74) is 1.58. The Kier molecular flexibility index (Phi) is 7.82. The molecule has 0 atom stereocenters. The van der Waals surface area contributed by atoms with Crippen LogP contribution in [0.25, 0.3) is 0 Å². The number of carbonyl (C=O) groups excluding carboxylic acids is 1. The molecule has 0 aliphatic rings. The van der Waals surface area contributed by atoms with Crippen molar-refractivity contribution in [1.82, 2.24) is 20.2 Å². The Hall–Kier alpha value is -2.67. The first-order chi connectivity index (χ1) is 12.6. The summed E-state index contributed by atoms with van der Waals surface area (Å²) >= 11 is 0. The lowest BCUT2D eigenvalue weighted by atomic mass is 10.1. The second kappa shape index (κ2) is 10.4. The van der Waals surface area contributed by atoms with Gasteiger partial charge in [-0.2, -0.15) is 0 Å². The van der Waals surface area contributed by atoms with E-state index in [2.05, 4.69) is 25.5 Å². The number of methoxy groups -OCH3 is 1. The minimum Gasteiger partial charge on any atom is -0.496 e. The van der Waals surface area contributed by atoms with Gasteiger partial charge in [0.1, 0.15) is 5.75 Å². The monoisotopic (exact) mass is 357 g/mol. The molecule has 26 heavy (non-hydrogen) atoms. The highest BCUT2D eigenvalue weighted by Crippen LogP contribution is 2.17. The van der Waals surface area contributed by atoms with Crippen molar-refractivity contribution in [1.29, 1.82) is 0 Å². The summed E-state index contributed by atoms with van der Waals surface area (Å²) in [6.45, 7) is 2.25. The van der Waals surface area contributed by atoms with Crippen LogP contribution >= 0.6 is 0 Å². The van der Waals surface area contributed by atoms with Gasteiger partial charge in [-0.15, -0.1) is 0 Å². The third kappa shape index (κ3) is 6.33. The van der Waals surface area contributed by atoms with E-state index in [9.17, 15) is 4.79 Å². The molecular formula is C19H27N5O2. The molecule has 140 valence electrons. The number of nitrogens with zero attached hydrogens (tertiary/aromatic N) is 3. The van der Waals surface area contributed by atoms with Crippen LogP contribution in [0.15, 0.2) is 36.7 Å². The molecule has 0 bridgehead atoms. The summed E-state index contributed by atoms with van der Waals surface area (Å²) in [4.78, 5) is 22.5. The van der Waals surface area contributed by atoms with Crippen molar-refractivity contribution in [3.63, 3.8) is 0 Å². The number of nitrogens with one attached hydrogen (secondary N) is 2. The largest absolute Gasteiger partial charge is 0.496 e. The highest BCUT2D eigenvalue weighted by atomic mass is 16.5. The van der Waals surface area contributed by atoms with Gasteiger partial charge in [-0.3, -0.25) is 4.79 Å². The van der Waals surface area contributed by atoms with Gasteiger partial charge in [0.2, 0.25) is 5.95 Å². The van der Waals surface area contributed by atoms with Gasteiger partial charge in [0.05, 0.1) is 12.7 Å². The molecule has 0 radical (unpaired) electrons. The van der Waals surface area contributed by atoms with E-state index in [0.29, 0.717) is 24.6 Å². The van der Waals surface area contributed by atoms with Crippen LogP contribution < -0.4 is 15.4 Å². The van der Waals surface area contributed by atoms with E-state index in [1.54, 1.807) is 19.5 Å². The Morgan fingerprint density at radius 2 is 1.88 bits per heavy atom. The number of anilines is 1. The molecule has 2 aromatic rings. The second-order valence-electron chi connectivity index (χ2n) is 6.20. The Balaban J connectivity index is 1.77. The van der Waals surface area contributed by atoms with Gasteiger partial charge in [-0.05, 0) is 45.1 Å². The molecule has 1 aromatic carbocycles. The number of benzene rings is 1. The molecule has 7 heteroatoms. The Bertz CT molecular complexity index is 689. The highest BCUT2D eigenvalue weighted by molar-refractivity contribution is 5.93. The third-order valence-electron chi connectivity index (χ3n) is 3.85. The molecule has 0 spiro atoms. The van der Waals surface area contributed by atoms with Crippen molar-refractivity contribution < 1.29 is 9.53 Å². The van der Waals surface area contributed by atoms with E-state index in [0.717, 1.165) is 30.7 Å². The van der Waals surface area contributed by atoms with E-state index in [4.69, 9.17) is 4.74 Å². The molecule has 1 aromatic heterocycles. The first-order valence-electron chi connectivity index (χ1n) is 8.71. The maximum Gasteiger partial charge on any atom is 0.254 e. The molecule has 7 nitrogen and oxygen atoms in total. The van der Waals surface area contributed by atoms with Crippen LogP contribution in [-0.4, -0.2) is 61.6 Å². The number of rotatable bonds is 10. The Morgan fingerprint density at radius 3 is 2.58 bits per heavy atom. The van der Waals surface area contributed by atoms with Crippen LogP contribution in [0.2, 0.25) is 0 Å². The quantitative estimate of drug-likeness (QED) is 0.632. The van der Waals surface area contributed by atoms with Crippen LogP contribution in [0, 0.1) is 0 Å². The van der Waals surface area contributed by atoms with Crippen LogP contribution in [-0.2, 0) is 6.42 Å². The molecule has 2 rings (SSSR count). The van der Waals surface area contributed by atoms with Crippen LogP contribution in [0.3, 0.4) is 0 Å². The topological polar surface area (TPSA) is 79.4 Å². The number of carbonyl (C=O) groups is 1. The molecule has 0 aliphatic heterocycles. The smallest absolute Gasteiger partial charge is 0.254 e. The fourth-order valence-corrected chi connectivity index (χ4v) is 2.45. The van der Waals surface area contributed by atoms with Crippen molar-refractivity contribution in [3.8, 4) is 5.75 Å². The summed E-state index contributed by atoms with van der Waals surface area (Å²) in [6, 6.07) is 7.91. The third-order valence-corrected chi connectivity index (χ3v) is 3.85. The van der Waals surface area contributed by atoms with Crippen molar-refractivity contribution >= 4 is 11.9 Å². The number of hydrogen-bond donors (Lipinski definition) is 2. The van der Waals surface area contributed by atoms with E-state index in [1.807, 2.05) is 38.4 Å². The fraction of sp³-hybridized carbons (Fsp3) is 0.421. The van der Waals surface area contributed by atoms with E-state index >= 15 is 0 Å². The van der Waals surface area contributed by atoms with Gasteiger partial charge >= 0.3 is 0 Å². The average Bonchev–Trinajstić information content (AvgIpc) is 2.66. The Morgan fingerprint density at radius 1 is 1.15 bits per heavy atom. The first-order valence-corrected chi connectivity index (χ1v) is 8.71. The molecule has 1 heterocycles. The Labute approximate surface area is 154 Å². The number of aromatic nitrogens is 2. The standard InChI is InChI=1S/C19H27N5O2/c1-24(2)12-6-10-20-18(25)16-13-22-19(23-14-16)21-11-9-15-7-4-5-8-17(15)26-3/h4-5,7-8,13-14H,6,9-12H2,1-3H3,(H,20,25)(H,21,22,23). The molecule has 0 saturated carbocycles. The minimum absolute atomic E-state index is 0.149. The number of hydrogen-bond acceptors (Lipinski definition) is 6. The molecule has 0 aliphatic carbocycles. The summed E-state index contributed by atoms with van der Waals surface area (Å²) in [5, 5.41) is 6.03. The van der Waals surface area contributed by atoms with Crippen molar-refractivity contribution in [3.05, 3.63) is 47.8 Å². The van der Waals surface area contributed by atoms with Gasteiger partial charge in [-0.1, -0.05) is 18.2 Å². The maximum absolute atomic E-state index is 12.0. The minimum atomic E-state index is -0.149. The summed E-state index contributed by atoms with van der Waals surface area (Å²) < 4.78 is 5.34. The zero-order valence-electron chi connectivity index (χ0n) is 15.7. The maximum atomic E-state index is 12.0. The predicted octanol–water partition coefficient (Wildman–Crippen LogP) is 1.82. The lowest BCUT2D eigenvalue weighted by Crippen LogP contribution is -2.27. The molecule has 1 amide bonds. The van der Waals surface area contributed by atoms with Crippen molar-refractivity contribution in [2.24, 2.45) is 0 Å². The lowest BCUT2D eigenvalue weighted by molar-refractivity contribution is 0.0951. The van der Waals surface area contributed by atoms with E-state index in [1.165, 1.54) is 0 Å². The van der Waals surface area contributed by atoms with Crippen LogP contribution in [0.5, 0.6) is 5.75 Å². The van der Waals surface area contributed by atoms with E-state index < -0.39 is 0 Å². The van der Waals surface area contributed by atoms with Gasteiger partial charge in [-0.25, -0.2) is 9.97 Å². The van der Waals surface area contributed by atoms with Gasteiger partial charge in [0.25, 0.3) is 5.91 Å². The fourth-order valence-electron chi connectivity index (χ4n) is 2.45. The van der Waals surface area contributed by atoms with E-state index in [-0.39, 0.29) is 5.91 Å². The summed E-state index contributed by atoms with van der Waals surface area (Å²) in [5.74, 6) is 1.23. The zero-order valence-corrected chi connectivity index (χ0v) is 15.7. The molecule has 0 saturated heterocycles. The van der Waals surface area contributed by atoms with Crippen molar-refractivity contribution in [2.45, 2.75) is 12.8 Å². The number of amides is 1. The van der Waals surface area contributed by atoms with Gasteiger partial charge in [0, 0.05) is 25.5 Å². The summed E-state index contributed by atoms with van der Waals surface area (Å²) in [7, 11) is 5.68. The molecular weight excluding hydrogens is 330 g/mol. The zero-order chi connectivity index (χ0) is 18.8. The highest BCUT2D eigenvalue weighted by Gasteiger charge is 2.07. The van der Waals surface area contributed by atoms with Crippen LogP contribution in [0.1, 0.15) is 22.3 Å². The normalized spacial score (nSPS) is 10.6. The van der Waals surface area contributed by atoms with Crippen LogP contribution in [0.4, 0.5) is 5.95 Å². The van der Waals surface area contributed by atoms with Gasteiger partial charge in [0.15, 0.2) is 0 Å². The first kappa shape index (κ1) is 19.7. The average molecular weight is 357 g/mol. The van der Waals surface area contributed by atoms with Crippen molar-refractivity contribution in [2.75, 3.05) is 46.2 Å². The van der Waals surface area contributed by atoms with Gasteiger partial charge < -0.3 is 20.3 Å². The number of ether oxygens (including phenoxy) is 1. The number of para-hydroxylation sites is 1. The second-order valence-corrected chi connectivity index (χ2v) is 6.20. The SMILES string of the molecule is COc1ccccc1CCNc1ncc(C(=O)NCCCN(C)C)cn1. The predicted molar refractivity (Wildman–Crippen MR) is 103 cm³/mol. The summed E-state index contributed by atoms with van der Waals surface area (Å²) in [6.07, 6.45) is 4.78. The lowest BCUT2D eigenvalue weighted by Gasteiger charge is -2.10. The molecule has 2 N–H and O–H groups in total.